The second kappa shape index (κ2) is 5.67. The highest BCUT2D eigenvalue weighted by molar-refractivity contribution is 6.31. The summed E-state index contributed by atoms with van der Waals surface area (Å²) in [6.45, 7) is 7.68. The predicted molar refractivity (Wildman–Crippen MR) is 94.3 cm³/mol. The summed E-state index contributed by atoms with van der Waals surface area (Å²) in [5.74, 6) is 0. The molecule has 1 aromatic heterocycles. The smallest absolute Gasteiger partial charge is 0.412 e. The Hall–Kier alpha value is -1.72. The third-order valence-electron chi connectivity index (χ3n) is 5.40. The summed E-state index contributed by atoms with van der Waals surface area (Å²) < 4.78 is 5.44. The Morgan fingerprint density at radius 2 is 2.08 bits per heavy atom. The summed E-state index contributed by atoms with van der Waals surface area (Å²) in [6.07, 6.45) is 0.682. The minimum atomic E-state index is -1.34. The number of nitrogens with one attached hydrogen (secondary N) is 1. The van der Waals surface area contributed by atoms with Gasteiger partial charge in [0.1, 0.15) is 0 Å². The Morgan fingerprint density at radius 1 is 1.38 bits per heavy atom. The lowest BCUT2D eigenvalue weighted by molar-refractivity contribution is -0.137. The van der Waals surface area contributed by atoms with E-state index in [1.54, 1.807) is 13.8 Å². The molecule has 0 spiro atoms. The summed E-state index contributed by atoms with van der Waals surface area (Å²) in [5.41, 5.74) is 0.916. The maximum Gasteiger partial charge on any atom is 0.412 e. The van der Waals surface area contributed by atoms with Crippen LogP contribution in [0.25, 0.3) is 10.9 Å². The monoisotopic (exact) mass is 350 g/mol. The first-order valence-corrected chi connectivity index (χ1v) is 8.57. The number of aromatic nitrogens is 1. The van der Waals surface area contributed by atoms with E-state index in [-0.39, 0.29) is 0 Å². The van der Waals surface area contributed by atoms with Crippen LogP contribution in [0.3, 0.4) is 0 Å². The topological polar surface area (TPSA) is 65.6 Å². The number of carbonyl (C=O) groups is 1. The normalized spacial score (nSPS) is 27.1. The fourth-order valence-corrected chi connectivity index (χ4v) is 3.60. The minimum absolute atomic E-state index is 0.377. The third-order valence-corrected chi connectivity index (χ3v) is 5.64. The van der Waals surface area contributed by atoms with Crippen molar-refractivity contribution in [2.24, 2.45) is 0 Å². The largest absolute Gasteiger partial charge is 0.438 e. The Balaban J connectivity index is 1.88. The van der Waals surface area contributed by atoms with E-state index in [0.717, 1.165) is 22.2 Å². The number of aryl methyl sites for hydroxylation is 1. The number of nitrogens with zero attached hydrogens (tertiary/aromatic N) is 1. The van der Waals surface area contributed by atoms with Gasteiger partial charge in [-0.05, 0) is 57.4 Å². The minimum Gasteiger partial charge on any atom is -0.438 e. The Morgan fingerprint density at radius 3 is 2.71 bits per heavy atom. The van der Waals surface area contributed by atoms with Crippen LogP contribution in [0.2, 0.25) is 5.02 Å². The van der Waals surface area contributed by atoms with Crippen molar-refractivity contribution in [2.75, 3.05) is 6.54 Å². The standard InChI is InChI=1S/C18H23ClN2O3/c1-5-17(3)18(4,23)21(16(22)24-17)9-8-13-11(2)20-15-7-6-12(19)10-14(13)15/h6-7,10,20,23H,5,8-9H2,1-4H3/t17-,18+/m1/s1. The van der Waals surface area contributed by atoms with E-state index in [2.05, 4.69) is 4.98 Å². The van der Waals surface area contributed by atoms with E-state index in [1.165, 1.54) is 4.90 Å². The van der Waals surface area contributed by atoms with Gasteiger partial charge in [-0.3, -0.25) is 4.90 Å². The fraction of sp³-hybridized carbons (Fsp3) is 0.500. The van der Waals surface area contributed by atoms with E-state index in [0.29, 0.717) is 24.4 Å². The zero-order chi connectivity index (χ0) is 17.7. The number of benzene rings is 1. The second-order valence-electron chi connectivity index (χ2n) is 6.79. The van der Waals surface area contributed by atoms with Gasteiger partial charge in [0.05, 0.1) is 0 Å². The lowest BCUT2D eigenvalue weighted by Crippen LogP contribution is -2.55. The summed E-state index contributed by atoms with van der Waals surface area (Å²) in [5, 5.41) is 12.6. The summed E-state index contributed by atoms with van der Waals surface area (Å²) >= 11 is 6.11. The molecule has 2 aromatic rings. The first-order valence-electron chi connectivity index (χ1n) is 8.19. The van der Waals surface area contributed by atoms with Crippen molar-refractivity contribution in [3.8, 4) is 0 Å². The first-order chi connectivity index (χ1) is 11.2. The SMILES string of the molecule is CC[C@@]1(C)OC(=O)N(CCc2c(C)[nH]c3ccc(Cl)cc23)[C@@]1(C)O. The Bertz CT molecular complexity index is 799. The first kappa shape index (κ1) is 17.1. The van der Waals surface area contributed by atoms with Crippen LogP contribution in [0, 0.1) is 6.92 Å². The van der Waals surface area contributed by atoms with Crippen LogP contribution in [-0.4, -0.2) is 39.0 Å². The summed E-state index contributed by atoms with van der Waals surface area (Å²) in [7, 11) is 0. The number of aliphatic hydroxyl groups is 1. The van der Waals surface area contributed by atoms with Gasteiger partial charge in [0.25, 0.3) is 0 Å². The molecule has 0 unspecified atom stereocenters. The van der Waals surface area contributed by atoms with Crippen LogP contribution in [0.15, 0.2) is 18.2 Å². The van der Waals surface area contributed by atoms with Crippen molar-refractivity contribution in [3.05, 3.63) is 34.5 Å². The maximum absolute atomic E-state index is 12.2. The molecule has 130 valence electrons. The van der Waals surface area contributed by atoms with Crippen molar-refractivity contribution in [1.82, 2.24) is 9.88 Å². The molecule has 1 saturated heterocycles. The number of fused-ring (bicyclic) bond motifs is 1. The number of ether oxygens (including phenoxy) is 1. The highest BCUT2D eigenvalue weighted by Gasteiger charge is 2.58. The zero-order valence-electron chi connectivity index (χ0n) is 14.4. The van der Waals surface area contributed by atoms with E-state index in [9.17, 15) is 9.90 Å². The molecule has 3 rings (SSSR count). The highest BCUT2D eigenvalue weighted by Crippen LogP contribution is 2.39. The molecule has 1 fully saturated rings. The van der Waals surface area contributed by atoms with Crippen molar-refractivity contribution in [2.45, 2.75) is 51.9 Å². The molecule has 1 amide bonds. The molecular formula is C18H23ClN2O3. The number of H-pyrrole nitrogens is 1. The summed E-state index contributed by atoms with van der Waals surface area (Å²) in [6, 6.07) is 5.72. The van der Waals surface area contributed by atoms with Gasteiger partial charge < -0.3 is 14.8 Å². The molecular weight excluding hydrogens is 328 g/mol. The number of amides is 1. The van der Waals surface area contributed by atoms with Crippen LogP contribution in [0.4, 0.5) is 4.79 Å². The second-order valence-corrected chi connectivity index (χ2v) is 7.23. The van der Waals surface area contributed by atoms with Gasteiger partial charge in [-0.15, -0.1) is 0 Å². The van der Waals surface area contributed by atoms with Gasteiger partial charge in [-0.25, -0.2) is 4.79 Å². The molecule has 0 radical (unpaired) electrons. The van der Waals surface area contributed by atoms with Gasteiger partial charge in [0.15, 0.2) is 11.3 Å². The molecule has 1 aliphatic rings. The molecule has 0 bridgehead atoms. The lowest BCUT2D eigenvalue weighted by Gasteiger charge is -2.36. The van der Waals surface area contributed by atoms with E-state index in [4.69, 9.17) is 16.3 Å². The molecule has 5 nitrogen and oxygen atoms in total. The molecule has 0 saturated carbocycles. The van der Waals surface area contributed by atoms with Gasteiger partial charge >= 0.3 is 6.09 Å². The molecule has 1 aromatic carbocycles. The average Bonchev–Trinajstić information content (AvgIpc) is 2.90. The Labute approximate surface area is 146 Å². The van der Waals surface area contributed by atoms with Crippen molar-refractivity contribution in [3.63, 3.8) is 0 Å². The lowest BCUT2D eigenvalue weighted by atomic mass is 9.90. The van der Waals surface area contributed by atoms with Crippen LogP contribution in [0.5, 0.6) is 0 Å². The van der Waals surface area contributed by atoms with Gasteiger partial charge in [-0.1, -0.05) is 18.5 Å². The van der Waals surface area contributed by atoms with E-state index >= 15 is 0 Å². The number of rotatable bonds is 4. The van der Waals surface area contributed by atoms with Gasteiger partial charge in [0, 0.05) is 28.2 Å². The number of hydrogen-bond acceptors (Lipinski definition) is 3. The fourth-order valence-electron chi connectivity index (χ4n) is 3.42. The number of cyclic esters (lactones) is 1. The number of halogens is 1. The van der Waals surface area contributed by atoms with Gasteiger partial charge in [0.2, 0.25) is 0 Å². The van der Waals surface area contributed by atoms with Crippen molar-refractivity contribution >= 4 is 28.6 Å². The van der Waals surface area contributed by atoms with E-state index in [1.807, 2.05) is 32.0 Å². The quantitative estimate of drug-likeness (QED) is 0.875. The van der Waals surface area contributed by atoms with Crippen LogP contribution in [0.1, 0.15) is 38.4 Å². The molecule has 0 aliphatic carbocycles. The Kier molecular flexibility index (Phi) is 4.04. The highest BCUT2D eigenvalue weighted by atomic mass is 35.5. The molecule has 2 atom stereocenters. The van der Waals surface area contributed by atoms with Crippen LogP contribution >= 0.6 is 11.6 Å². The third kappa shape index (κ3) is 2.47. The van der Waals surface area contributed by atoms with E-state index < -0.39 is 17.4 Å². The predicted octanol–water partition coefficient (Wildman–Crippen LogP) is 4.00. The van der Waals surface area contributed by atoms with Crippen LogP contribution in [-0.2, 0) is 11.2 Å². The average molecular weight is 351 g/mol. The molecule has 1 aliphatic heterocycles. The molecule has 2 heterocycles. The number of hydrogen-bond donors (Lipinski definition) is 2. The van der Waals surface area contributed by atoms with Crippen molar-refractivity contribution in [1.29, 1.82) is 0 Å². The molecule has 6 heteroatoms. The number of aromatic amines is 1. The number of carbonyl (C=O) groups excluding carboxylic acids is 1. The molecule has 24 heavy (non-hydrogen) atoms. The molecule has 2 N–H and O–H groups in total. The summed E-state index contributed by atoms with van der Waals surface area (Å²) in [4.78, 5) is 17.0. The van der Waals surface area contributed by atoms with Gasteiger partial charge in [-0.2, -0.15) is 0 Å². The zero-order valence-corrected chi connectivity index (χ0v) is 15.2. The van der Waals surface area contributed by atoms with Crippen LogP contribution < -0.4 is 0 Å². The maximum atomic E-state index is 12.2. The van der Waals surface area contributed by atoms with Crippen molar-refractivity contribution < 1.29 is 14.6 Å².